The number of rotatable bonds is 3. The molecule has 8 heteroatoms. The van der Waals surface area contributed by atoms with Crippen molar-refractivity contribution in [3.63, 3.8) is 0 Å². The minimum absolute atomic E-state index is 0.264. The van der Waals surface area contributed by atoms with Crippen LogP contribution < -0.4 is 14.8 Å². The molecule has 150 valence electrons. The first-order valence-electron chi connectivity index (χ1n) is 9.14. The molecule has 0 saturated carbocycles. The van der Waals surface area contributed by atoms with Crippen LogP contribution in [-0.2, 0) is 0 Å². The highest BCUT2D eigenvalue weighted by atomic mass is 35.5. The molecular weight excluding hydrogens is 427 g/mol. The van der Waals surface area contributed by atoms with Gasteiger partial charge >= 0.3 is 0 Å². The highest BCUT2D eigenvalue weighted by Crippen LogP contribution is 2.32. The minimum atomic E-state index is -0.264. The van der Waals surface area contributed by atoms with Crippen LogP contribution in [0.15, 0.2) is 59.0 Å². The quantitative estimate of drug-likeness (QED) is 0.434. The fraction of sp³-hybridized carbons (Fsp3) is 0.0909. The Kier molecular flexibility index (Phi) is 4.73. The fourth-order valence-electron chi connectivity index (χ4n) is 3.15. The van der Waals surface area contributed by atoms with Gasteiger partial charge in [-0.25, -0.2) is 4.98 Å². The number of ether oxygens (including phenoxy) is 2. The first kappa shape index (κ1) is 18.8. The third-order valence-electron chi connectivity index (χ3n) is 4.62. The summed E-state index contributed by atoms with van der Waals surface area (Å²) in [6.45, 7) is 0.961. The molecule has 1 aromatic heterocycles. The van der Waals surface area contributed by atoms with E-state index in [2.05, 4.69) is 10.3 Å². The number of halogens is 2. The molecule has 0 atom stereocenters. The Hall–Kier alpha value is -3.22. The number of amides is 1. The van der Waals surface area contributed by atoms with Gasteiger partial charge in [-0.2, -0.15) is 0 Å². The number of anilines is 1. The molecule has 30 heavy (non-hydrogen) atoms. The van der Waals surface area contributed by atoms with E-state index in [4.69, 9.17) is 37.1 Å². The lowest BCUT2D eigenvalue weighted by atomic mass is 10.1. The summed E-state index contributed by atoms with van der Waals surface area (Å²) in [4.78, 5) is 17.1. The third kappa shape index (κ3) is 3.56. The number of carbonyl (C=O) groups excluding carboxylic acids is 1. The fourth-order valence-corrected chi connectivity index (χ4v) is 3.44. The Morgan fingerprint density at radius 3 is 2.57 bits per heavy atom. The molecule has 3 aromatic carbocycles. The van der Waals surface area contributed by atoms with Gasteiger partial charge in [-0.3, -0.25) is 4.79 Å². The Labute approximate surface area is 181 Å². The summed E-state index contributed by atoms with van der Waals surface area (Å²) in [5, 5.41) is 3.75. The average Bonchev–Trinajstić information content (AvgIpc) is 3.18. The van der Waals surface area contributed by atoms with E-state index in [0.717, 1.165) is 0 Å². The first-order valence-corrected chi connectivity index (χ1v) is 9.89. The smallest absolute Gasteiger partial charge is 0.255 e. The van der Waals surface area contributed by atoms with Crippen molar-refractivity contribution in [2.75, 3.05) is 18.5 Å². The molecule has 2 heterocycles. The summed E-state index contributed by atoms with van der Waals surface area (Å²) in [6, 6.07) is 15.5. The summed E-state index contributed by atoms with van der Waals surface area (Å²) in [7, 11) is 0. The van der Waals surface area contributed by atoms with Crippen LogP contribution in [0.25, 0.3) is 22.6 Å². The predicted octanol–water partition coefficient (Wildman–Crippen LogP) is 5.83. The molecular formula is C22H14Cl2N2O4. The van der Waals surface area contributed by atoms with Crippen LogP contribution in [0.2, 0.25) is 10.0 Å². The van der Waals surface area contributed by atoms with Crippen LogP contribution in [0.3, 0.4) is 0 Å². The summed E-state index contributed by atoms with van der Waals surface area (Å²) in [5.41, 5.74) is 2.97. The van der Waals surface area contributed by atoms with E-state index in [9.17, 15) is 4.79 Å². The van der Waals surface area contributed by atoms with E-state index < -0.39 is 0 Å². The van der Waals surface area contributed by atoms with Crippen LogP contribution in [0.4, 0.5) is 5.69 Å². The van der Waals surface area contributed by atoms with E-state index in [-0.39, 0.29) is 5.91 Å². The summed E-state index contributed by atoms with van der Waals surface area (Å²) in [6.07, 6.45) is 0. The van der Waals surface area contributed by atoms with E-state index in [1.165, 1.54) is 0 Å². The van der Waals surface area contributed by atoms with Crippen molar-refractivity contribution in [2.24, 2.45) is 0 Å². The molecule has 1 aliphatic heterocycles. The van der Waals surface area contributed by atoms with Gasteiger partial charge in [-0.1, -0.05) is 23.2 Å². The second-order valence-corrected chi connectivity index (χ2v) is 7.46. The highest BCUT2D eigenvalue weighted by Gasteiger charge is 2.16. The molecule has 6 nitrogen and oxygen atoms in total. The number of fused-ring (bicyclic) bond motifs is 2. The number of aromatic nitrogens is 1. The van der Waals surface area contributed by atoms with E-state index in [1.54, 1.807) is 54.6 Å². The van der Waals surface area contributed by atoms with Crippen LogP contribution in [-0.4, -0.2) is 24.1 Å². The molecule has 4 aromatic rings. The minimum Gasteiger partial charge on any atom is -0.486 e. The van der Waals surface area contributed by atoms with E-state index in [1.807, 2.05) is 0 Å². The summed E-state index contributed by atoms with van der Waals surface area (Å²) >= 11 is 12.0. The molecule has 1 aliphatic rings. The lowest BCUT2D eigenvalue weighted by Gasteiger charge is -2.18. The normalized spacial score (nSPS) is 12.7. The SMILES string of the molecule is O=C(Nc1ccc2oc(-c3ccc(Cl)c(Cl)c3)nc2c1)c1ccc2c(c1)OCCO2. The van der Waals surface area contributed by atoms with Gasteiger partial charge in [-0.05, 0) is 54.6 Å². The molecule has 0 radical (unpaired) electrons. The average molecular weight is 441 g/mol. The maximum Gasteiger partial charge on any atom is 0.255 e. The Morgan fingerprint density at radius 2 is 1.73 bits per heavy atom. The molecule has 0 unspecified atom stereocenters. The molecule has 0 fully saturated rings. The molecule has 0 bridgehead atoms. The van der Waals surface area contributed by atoms with Gasteiger partial charge in [0.2, 0.25) is 5.89 Å². The number of nitrogens with zero attached hydrogens (tertiary/aromatic N) is 1. The largest absolute Gasteiger partial charge is 0.486 e. The number of oxazole rings is 1. The molecule has 0 aliphatic carbocycles. The number of hydrogen-bond acceptors (Lipinski definition) is 5. The van der Waals surface area contributed by atoms with Crippen LogP contribution in [0.5, 0.6) is 11.5 Å². The van der Waals surface area contributed by atoms with Crippen LogP contribution in [0, 0.1) is 0 Å². The van der Waals surface area contributed by atoms with Crippen molar-refractivity contribution in [1.82, 2.24) is 4.98 Å². The zero-order valence-corrected chi connectivity index (χ0v) is 17.0. The lowest BCUT2D eigenvalue weighted by molar-refractivity contribution is 0.102. The van der Waals surface area contributed by atoms with Crippen molar-refractivity contribution in [3.8, 4) is 23.0 Å². The van der Waals surface area contributed by atoms with Gasteiger partial charge in [0.15, 0.2) is 17.1 Å². The Morgan fingerprint density at radius 1 is 0.900 bits per heavy atom. The molecule has 0 saturated heterocycles. The number of nitrogens with one attached hydrogen (secondary N) is 1. The highest BCUT2D eigenvalue weighted by molar-refractivity contribution is 6.42. The Bertz CT molecular complexity index is 1290. The predicted molar refractivity (Wildman–Crippen MR) is 115 cm³/mol. The van der Waals surface area contributed by atoms with E-state index in [0.29, 0.717) is 68.6 Å². The van der Waals surface area contributed by atoms with Crippen molar-refractivity contribution >= 4 is 45.9 Å². The number of benzene rings is 3. The van der Waals surface area contributed by atoms with Gasteiger partial charge in [0.25, 0.3) is 5.91 Å². The van der Waals surface area contributed by atoms with E-state index >= 15 is 0 Å². The number of carbonyl (C=O) groups is 1. The maximum absolute atomic E-state index is 12.7. The maximum atomic E-state index is 12.7. The standard InChI is InChI=1S/C22H14Cl2N2O4/c23-15-4-1-13(9-16(15)24)22-26-17-11-14(3-6-18(17)30-22)25-21(27)12-2-5-19-20(10-12)29-8-7-28-19/h1-6,9-11H,7-8H2,(H,25,27). The van der Waals surface area contributed by atoms with Crippen LogP contribution >= 0.6 is 23.2 Å². The zero-order chi connectivity index (χ0) is 20.7. The summed E-state index contributed by atoms with van der Waals surface area (Å²) < 4.78 is 16.8. The lowest BCUT2D eigenvalue weighted by Crippen LogP contribution is -2.17. The van der Waals surface area contributed by atoms with Crippen LogP contribution in [0.1, 0.15) is 10.4 Å². The molecule has 1 amide bonds. The number of hydrogen-bond donors (Lipinski definition) is 1. The van der Waals surface area contributed by atoms with Gasteiger partial charge in [0.1, 0.15) is 18.7 Å². The van der Waals surface area contributed by atoms with Crippen molar-refractivity contribution in [1.29, 1.82) is 0 Å². The van der Waals surface area contributed by atoms with Gasteiger partial charge < -0.3 is 19.2 Å². The van der Waals surface area contributed by atoms with Crippen molar-refractivity contribution in [3.05, 3.63) is 70.2 Å². The Balaban J connectivity index is 1.40. The topological polar surface area (TPSA) is 73.6 Å². The molecule has 5 rings (SSSR count). The molecule has 1 N–H and O–H groups in total. The third-order valence-corrected chi connectivity index (χ3v) is 5.36. The zero-order valence-electron chi connectivity index (χ0n) is 15.4. The van der Waals surface area contributed by atoms with Gasteiger partial charge in [0, 0.05) is 16.8 Å². The summed E-state index contributed by atoms with van der Waals surface area (Å²) in [5.74, 6) is 1.35. The van der Waals surface area contributed by atoms with Crippen molar-refractivity contribution < 1.29 is 18.7 Å². The monoisotopic (exact) mass is 440 g/mol. The van der Waals surface area contributed by atoms with Gasteiger partial charge in [-0.15, -0.1) is 0 Å². The second kappa shape index (κ2) is 7.55. The molecule has 0 spiro atoms. The first-order chi connectivity index (χ1) is 14.6. The van der Waals surface area contributed by atoms with Gasteiger partial charge in [0.05, 0.1) is 10.0 Å². The van der Waals surface area contributed by atoms with Crippen molar-refractivity contribution in [2.45, 2.75) is 0 Å². The second-order valence-electron chi connectivity index (χ2n) is 6.64.